The Morgan fingerprint density at radius 3 is 2.53 bits per heavy atom. The number of nitrogens with zero attached hydrogens (tertiary/aromatic N) is 1. The first-order chi connectivity index (χ1) is 7.88. The Bertz CT molecular complexity index is 309. The van der Waals surface area contributed by atoms with Gasteiger partial charge in [0.05, 0.1) is 12.2 Å². The molecule has 0 aromatic heterocycles. The minimum absolute atomic E-state index is 0.0267. The first kappa shape index (κ1) is 14.6. The van der Waals surface area contributed by atoms with E-state index in [1.807, 2.05) is 18.7 Å². The van der Waals surface area contributed by atoms with Gasteiger partial charge in [0.15, 0.2) is 0 Å². The Labute approximate surface area is 107 Å². The summed E-state index contributed by atoms with van der Waals surface area (Å²) in [6.07, 6.45) is 2.72. The Kier molecular flexibility index (Phi) is 5.13. The molecule has 1 aliphatic heterocycles. The molecule has 0 aromatic carbocycles. The van der Waals surface area contributed by atoms with E-state index < -0.39 is 10.8 Å². The van der Waals surface area contributed by atoms with E-state index in [9.17, 15) is 9.00 Å². The van der Waals surface area contributed by atoms with Crippen LogP contribution in [0.4, 0.5) is 0 Å². The van der Waals surface area contributed by atoms with Gasteiger partial charge in [-0.05, 0) is 19.8 Å². The molecular weight excluding hydrogens is 236 g/mol. The van der Waals surface area contributed by atoms with Crippen molar-refractivity contribution in [1.29, 1.82) is 0 Å². The van der Waals surface area contributed by atoms with Crippen LogP contribution in [0.5, 0.6) is 0 Å². The molecule has 1 fully saturated rings. The van der Waals surface area contributed by atoms with Gasteiger partial charge in [0.1, 0.15) is 0 Å². The molecule has 0 aliphatic carbocycles. The minimum Gasteiger partial charge on any atom is -0.325 e. The Balaban J connectivity index is 2.69. The summed E-state index contributed by atoms with van der Waals surface area (Å²) in [6.45, 7) is 8.67. The van der Waals surface area contributed by atoms with E-state index in [2.05, 4.69) is 19.2 Å². The zero-order valence-electron chi connectivity index (χ0n) is 11.4. The SMILES string of the molecule is CCC(C)C1NC(C)N(CC(C)S(C)=O)C1=O. The van der Waals surface area contributed by atoms with Gasteiger partial charge in [-0.15, -0.1) is 0 Å². The topological polar surface area (TPSA) is 49.4 Å². The summed E-state index contributed by atoms with van der Waals surface area (Å²) in [4.78, 5) is 14.1. The van der Waals surface area contributed by atoms with Gasteiger partial charge in [0.25, 0.3) is 0 Å². The molecule has 1 aliphatic rings. The van der Waals surface area contributed by atoms with Crippen molar-refractivity contribution in [3.8, 4) is 0 Å². The number of carbonyl (C=O) groups is 1. The van der Waals surface area contributed by atoms with Crippen LogP contribution < -0.4 is 5.32 Å². The Morgan fingerprint density at radius 1 is 1.47 bits per heavy atom. The van der Waals surface area contributed by atoms with Crippen LogP contribution in [0.2, 0.25) is 0 Å². The van der Waals surface area contributed by atoms with Gasteiger partial charge >= 0.3 is 0 Å². The average molecular weight is 260 g/mol. The molecule has 5 unspecified atom stereocenters. The lowest BCUT2D eigenvalue weighted by atomic mass is 9.99. The van der Waals surface area contributed by atoms with Crippen LogP contribution in [0.25, 0.3) is 0 Å². The van der Waals surface area contributed by atoms with Gasteiger partial charge in [-0.3, -0.25) is 14.3 Å². The first-order valence-corrected chi connectivity index (χ1v) is 7.89. The number of hydrogen-bond donors (Lipinski definition) is 1. The highest BCUT2D eigenvalue weighted by Gasteiger charge is 2.39. The fraction of sp³-hybridized carbons (Fsp3) is 0.917. The number of hydrogen-bond acceptors (Lipinski definition) is 3. The normalized spacial score (nSPS) is 30.4. The van der Waals surface area contributed by atoms with Crippen molar-refractivity contribution < 1.29 is 9.00 Å². The fourth-order valence-corrected chi connectivity index (χ4v) is 2.43. The molecule has 1 amide bonds. The van der Waals surface area contributed by atoms with Crippen molar-refractivity contribution in [2.45, 2.75) is 51.6 Å². The fourth-order valence-electron chi connectivity index (χ4n) is 2.06. The van der Waals surface area contributed by atoms with E-state index in [0.717, 1.165) is 6.42 Å². The molecule has 17 heavy (non-hydrogen) atoms. The predicted molar refractivity (Wildman–Crippen MR) is 71.1 cm³/mol. The zero-order valence-corrected chi connectivity index (χ0v) is 12.2. The van der Waals surface area contributed by atoms with Gasteiger partial charge in [-0.1, -0.05) is 20.3 Å². The monoisotopic (exact) mass is 260 g/mol. The van der Waals surface area contributed by atoms with Crippen molar-refractivity contribution in [3.05, 3.63) is 0 Å². The van der Waals surface area contributed by atoms with E-state index in [4.69, 9.17) is 0 Å². The summed E-state index contributed by atoms with van der Waals surface area (Å²) in [5, 5.41) is 3.35. The van der Waals surface area contributed by atoms with Gasteiger partial charge in [-0.25, -0.2) is 0 Å². The van der Waals surface area contributed by atoms with E-state index in [0.29, 0.717) is 12.5 Å². The number of nitrogens with one attached hydrogen (secondary N) is 1. The zero-order chi connectivity index (χ0) is 13.2. The molecule has 0 radical (unpaired) electrons. The third-order valence-corrected chi connectivity index (χ3v) is 4.95. The largest absolute Gasteiger partial charge is 0.325 e. The van der Waals surface area contributed by atoms with E-state index >= 15 is 0 Å². The lowest BCUT2D eigenvalue weighted by Crippen LogP contribution is -2.40. The van der Waals surface area contributed by atoms with Crippen LogP contribution in [0.15, 0.2) is 0 Å². The number of rotatable bonds is 5. The van der Waals surface area contributed by atoms with E-state index in [-0.39, 0.29) is 23.4 Å². The molecule has 100 valence electrons. The molecule has 5 atom stereocenters. The van der Waals surface area contributed by atoms with E-state index in [1.54, 1.807) is 6.26 Å². The maximum atomic E-state index is 12.2. The number of carbonyl (C=O) groups excluding carboxylic acids is 1. The lowest BCUT2D eigenvalue weighted by molar-refractivity contribution is -0.130. The second-order valence-corrected chi connectivity index (χ2v) is 6.81. The molecule has 5 heteroatoms. The molecule has 0 saturated carbocycles. The maximum absolute atomic E-state index is 12.2. The average Bonchev–Trinajstić information content (AvgIpc) is 2.55. The highest BCUT2D eigenvalue weighted by molar-refractivity contribution is 7.84. The second-order valence-electron chi connectivity index (χ2n) is 5.01. The second kappa shape index (κ2) is 5.96. The van der Waals surface area contributed by atoms with Gasteiger partial charge in [-0.2, -0.15) is 0 Å². The molecule has 0 bridgehead atoms. The summed E-state index contributed by atoms with van der Waals surface area (Å²) in [7, 11) is -0.882. The van der Waals surface area contributed by atoms with Crippen LogP contribution in [0.1, 0.15) is 34.1 Å². The maximum Gasteiger partial charge on any atom is 0.241 e. The van der Waals surface area contributed by atoms with Crippen LogP contribution in [0.3, 0.4) is 0 Å². The number of amides is 1. The third kappa shape index (κ3) is 3.28. The predicted octanol–water partition coefficient (Wildman–Crippen LogP) is 0.946. The Hall–Kier alpha value is -0.420. The molecule has 1 saturated heterocycles. The lowest BCUT2D eigenvalue weighted by Gasteiger charge is -2.23. The summed E-state index contributed by atoms with van der Waals surface area (Å²) in [6, 6.07) is -0.0764. The summed E-state index contributed by atoms with van der Waals surface area (Å²) in [5.74, 6) is 0.501. The van der Waals surface area contributed by atoms with Crippen molar-refractivity contribution in [2.24, 2.45) is 5.92 Å². The van der Waals surface area contributed by atoms with E-state index in [1.165, 1.54) is 0 Å². The van der Waals surface area contributed by atoms with Gasteiger partial charge < -0.3 is 4.90 Å². The molecule has 1 N–H and O–H groups in total. The summed E-state index contributed by atoms with van der Waals surface area (Å²) < 4.78 is 11.4. The molecular formula is C12H24N2O2S. The van der Waals surface area contributed by atoms with Crippen molar-refractivity contribution in [1.82, 2.24) is 10.2 Å². The third-order valence-electron chi connectivity index (χ3n) is 3.67. The van der Waals surface area contributed by atoms with Crippen LogP contribution >= 0.6 is 0 Å². The van der Waals surface area contributed by atoms with Crippen LogP contribution in [-0.4, -0.2) is 45.3 Å². The van der Waals surface area contributed by atoms with Crippen LogP contribution in [-0.2, 0) is 15.6 Å². The van der Waals surface area contributed by atoms with Crippen molar-refractivity contribution in [3.63, 3.8) is 0 Å². The smallest absolute Gasteiger partial charge is 0.241 e. The van der Waals surface area contributed by atoms with Crippen LogP contribution in [0, 0.1) is 5.92 Å². The summed E-state index contributed by atoms with van der Waals surface area (Å²) >= 11 is 0. The Morgan fingerprint density at radius 2 is 2.06 bits per heavy atom. The van der Waals surface area contributed by atoms with Gasteiger partial charge in [0.2, 0.25) is 5.91 Å². The highest BCUT2D eigenvalue weighted by atomic mass is 32.2. The standard InChI is InChI=1S/C12H24N2O2S/c1-6-8(2)11-12(15)14(10(4)13-11)7-9(3)17(5)16/h8-11,13H,6-7H2,1-5H3. The van der Waals surface area contributed by atoms with Gasteiger partial charge in [0, 0.05) is 28.9 Å². The highest BCUT2D eigenvalue weighted by Crippen LogP contribution is 2.19. The molecule has 1 rings (SSSR count). The minimum atomic E-state index is -0.882. The molecule has 1 heterocycles. The van der Waals surface area contributed by atoms with Crippen molar-refractivity contribution in [2.75, 3.05) is 12.8 Å². The summed E-state index contributed by atoms with van der Waals surface area (Å²) in [5.41, 5.74) is 0. The quantitative estimate of drug-likeness (QED) is 0.800. The van der Waals surface area contributed by atoms with Crippen molar-refractivity contribution >= 4 is 16.7 Å². The molecule has 0 spiro atoms. The molecule has 4 nitrogen and oxygen atoms in total. The first-order valence-electron chi connectivity index (χ1n) is 6.27. The molecule has 0 aromatic rings.